The molecule has 1 aromatic rings. The fourth-order valence-corrected chi connectivity index (χ4v) is 1.01. The third kappa shape index (κ3) is 3.00. The summed E-state index contributed by atoms with van der Waals surface area (Å²) in [6.07, 6.45) is 0. The zero-order valence-corrected chi connectivity index (χ0v) is 8.51. The lowest BCUT2D eigenvalue weighted by atomic mass is 10.2. The number of carbonyl (C=O) groups excluding carboxylic acids is 1. The van der Waals surface area contributed by atoms with E-state index in [0.717, 1.165) is 0 Å². The number of hydrogen-bond donors (Lipinski definition) is 1. The second-order valence-corrected chi connectivity index (χ2v) is 3.36. The van der Waals surface area contributed by atoms with Gasteiger partial charge in [-0.3, -0.25) is 4.79 Å². The molecule has 0 heterocycles. The highest BCUT2D eigenvalue weighted by Crippen LogP contribution is 2.10. The highest BCUT2D eigenvalue weighted by molar-refractivity contribution is 6.19. The molecule has 0 aliphatic carbocycles. The van der Waals surface area contributed by atoms with Gasteiger partial charge in [-0.15, -0.1) is 11.6 Å². The van der Waals surface area contributed by atoms with Crippen molar-refractivity contribution in [2.75, 3.05) is 11.2 Å². The van der Waals surface area contributed by atoms with Crippen LogP contribution in [-0.2, 0) is 4.79 Å². The number of benzene rings is 1. The molecule has 1 N–H and O–H groups in total. The largest absolute Gasteiger partial charge is 0.326 e. The average Bonchev–Trinajstić information content (AvgIpc) is 2.20. The molecule has 0 aliphatic heterocycles. The van der Waals surface area contributed by atoms with E-state index in [1.807, 2.05) is 0 Å². The van der Waals surface area contributed by atoms with Gasteiger partial charge in [-0.05, 0) is 24.3 Å². The molecule has 0 aromatic heterocycles. The van der Waals surface area contributed by atoms with E-state index < -0.39 is 0 Å². The Morgan fingerprint density at radius 1 is 1.50 bits per heavy atom. The van der Waals surface area contributed by atoms with Gasteiger partial charge in [0.1, 0.15) is 5.82 Å². The van der Waals surface area contributed by atoms with Gasteiger partial charge in [0.2, 0.25) is 5.91 Å². The van der Waals surface area contributed by atoms with Gasteiger partial charge in [0, 0.05) is 17.5 Å². The van der Waals surface area contributed by atoms with E-state index in [1.165, 1.54) is 24.3 Å². The summed E-state index contributed by atoms with van der Waals surface area (Å²) in [4.78, 5) is 11.3. The van der Waals surface area contributed by atoms with E-state index in [2.05, 4.69) is 5.32 Å². The van der Waals surface area contributed by atoms with Crippen LogP contribution in [0.4, 0.5) is 10.1 Å². The van der Waals surface area contributed by atoms with Crippen molar-refractivity contribution in [2.24, 2.45) is 5.92 Å². The van der Waals surface area contributed by atoms with Crippen molar-refractivity contribution >= 4 is 23.2 Å². The van der Waals surface area contributed by atoms with Crippen LogP contribution in [0, 0.1) is 11.7 Å². The lowest BCUT2D eigenvalue weighted by Gasteiger charge is -2.08. The van der Waals surface area contributed by atoms with Gasteiger partial charge < -0.3 is 5.32 Å². The van der Waals surface area contributed by atoms with E-state index in [0.29, 0.717) is 5.69 Å². The van der Waals surface area contributed by atoms with E-state index in [4.69, 9.17) is 11.6 Å². The predicted molar refractivity (Wildman–Crippen MR) is 54.9 cm³/mol. The lowest BCUT2D eigenvalue weighted by molar-refractivity contribution is -0.118. The molecule has 1 aromatic carbocycles. The van der Waals surface area contributed by atoms with Crippen molar-refractivity contribution in [3.63, 3.8) is 0 Å². The molecule has 0 fully saturated rings. The standard InChI is InChI=1S/C10H11ClFNO/c1-7(6-11)10(14)13-9-4-2-8(12)3-5-9/h2-5,7H,6H2,1H3,(H,13,14). The second kappa shape index (κ2) is 4.96. The maximum Gasteiger partial charge on any atom is 0.228 e. The highest BCUT2D eigenvalue weighted by atomic mass is 35.5. The number of alkyl halides is 1. The Labute approximate surface area is 87.1 Å². The third-order valence-electron chi connectivity index (χ3n) is 1.79. The van der Waals surface area contributed by atoms with Crippen LogP contribution in [-0.4, -0.2) is 11.8 Å². The first-order valence-corrected chi connectivity index (χ1v) is 4.79. The van der Waals surface area contributed by atoms with Crippen LogP contribution < -0.4 is 5.32 Å². The molecule has 2 nitrogen and oxygen atoms in total. The van der Waals surface area contributed by atoms with Crippen LogP contribution in [0.15, 0.2) is 24.3 Å². The summed E-state index contributed by atoms with van der Waals surface area (Å²) in [6.45, 7) is 1.73. The smallest absolute Gasteiger partial charge is 0.228 e. The Morgan fingerprint density at radius 2 is 2.07 bits per heavy atom. The van der Waals surface area contributed by atoms with Gasteiger partial charge in [0.05, 0.1) is 0 Å². The molecule has 1 atom stereocenters. The molecule has 0 aliphatic rings. The zero-order chi connectivity index (χ0) is 10.6. The Hall–Kier alpha value is -1.09. The summed E-state index contributed by atoms with van der Waals surface area (Å²) in [5.74, 6) is -0.464. The maximum absolute atomic E-state index is 12.5. The van der Waals surface area contributed by atoms with Crippen LogP contribution in [0.3, 0.4) is 0 Å². The molecular weight excluding hydrogens is 205 g/mol. The number of halogens is 2. The minimum atomic E-state index is -0.326. The Kier molecular flexibility index (Phi) is 3.89. The Morgan fingerprint density at radius 3 is 2.57 bits per heavy atom. The summed E-state index contributed by atoms with van der Waals surface area (Å²) in [5, 5.41) is 2.63. The summed E-state index contributed by atoms with van der Waals surface area (Å²) in [7, 11) is 0. The molecule has 0 radical (unpaired) electrons. The molecule has 76 valence electrons. The number of rotatable bonds is 3. The molecule has 0 saturated heterocycles. The first-order valence-electron chi connectivity index (χ1n) is 4.26. The van der Waals surface area contributed by atoms with E-state index in [-0.39, 0.29) is 23.5 Å². The van der Waals surface area contributed by atoms with Gasteiger partial charge in [-0.2, -0.15) is 0 Å². The fraction of sp³-hybridized carbons (Fsp3) is 0.300. The summed E-state index contributed by atoms with van der Waals surface area (Å²) < 4.78 is 12.5. The summed E-state index contributed by atoms with van der Waals surface area (Å²) >= 11 is 5.52. The molecule has 14 heavy (non-hydrogen) atoms. The van der Waals surface area contributed by atoms with Gasteiger partial charge in [-0.1, -0.05) is 6.92 Å². The predicted octanol–water partition coefficient (Wildman–Crippen LogP) is 2.64. The molecule has 1 amide bonds. The minimum absolute atomic E-state index is 0.161. The molecule has 0 spiro atoms. The van der Waals surface area contributed by atoms with Crippen molar-refractivity contribution in [3.8, 4) is 0 Å². The molecule has 0 bridgehead atoms. The number of hydrogen-bond acceptors (Lipinski definition) is 1. The van der Waals surface area contributed by atoms with E-state index in [9.17, 15) is 9.18 Å². The van der Waals surface area contributed by atoms with Crippen molar-refractivity contribution in [1.29, 1.82) is 0 Å². The monoisotopic (exact) mass is 215 g/mol. The van der Waals surface area contributed by atoms with Crippen LogP contribution in [0.1, 0.15) is 6.92 Å². The molecule has 0 saturated carbocycles. The Bertz CT molecular complexity index is 312. The van der Waals surface area contributed by atoms with Crippen LogP contribution >= 0.6 is 11.6 Å². The van der Waals surface area contributed by atoms with Crippen molar-refractivity contribution in [3.05, 3.63) is 30.1 Å². The quantitative estimate of drug-likeness (QED) is 0.772. The molecule has 4 heteroatoms. The number of carbonyl (C=O) groups is 1. The second-order valence-electron chi connectivity index (χ2n) is 3.05. The lowest BCUT2D eigenvalue weighted by Crippen LogP contribution is -2.21. The first kappa shape index (κ1) is 11.0. The topological polar surface area (TPSA) is 29.1 Å². The maximum atomic E-state index is 12.5. The van der Waals surface area contributed by atoms with Gasteiger partial charge in [0.15, 0.2) is 0 Å². The third-order valence-corrected chi connectivity index (χ3v) is 2.25. The molecular formula is C10H11ClFNO. The molecule has 1 rings (SSSR count). The summed E-state index contributed by atoms with van der Waals surface area (Å²) in [5.41, 5.74) is 0.577. The van der Waals surface area contributed by atoms with Gasteiger partial charge >= 0.3 is 0 Å². The molecule has 1 unspecified atom stereocenters. The minimum Gasteiger partial charge on any atom is -0.326 e. The Balaban J connectivity index is 2.60. The number of nitrogens with one attached hydrogen (secondary N) is 1. The van der Waals surface area contributed by atoms with Gasteiger partial charge in [-0.25, -0.2) is 4.39 Å². The SMILES string of the molecule is CC(CCl)C(=O)Nc1ccc(F)cc1. The van der Waals surface area contributed by atoms with Crippen molar-refractivity contribution in [1.82, 2.24) is 0 Å². The number of amides is 1. The van der Waals surface area contributed by atoms with E-state index >= 15 is 0 Å². The zero-order valence-electron chi connectivity index (χ0n) is 7.76. The normalized spacial score (nSPS) is 12.2. The number of anilines is 1. The van der Waals surface area contributed by atoms with Crippen molar-refractivity contribution < 1.29 is 9.18 Å². The summed E-state index contributed by atoms with van der Waals surface area (Å²) in [6, 6.07) is 5.60. The first-order chi connectivity index (χ1) is 6.63. The van der Waals surface area contributed by atoms with Crippen molar-refractivity contribution in [2.45, 2.75) is 6.92 Å². The van der Waals surface area contributed by atoms with Crippen LogP contribution in [0.5, 0.6) is 0 Å². The average molecular weight is 216 g/mol. The fourth-order valence-electron chi connectivity index (χ4n) is 0.869. The van der Waals surface area contributed by atoms with Gasteiger partial charge in [0.25, 0.3) is 0 Å². The highest BCUT2D eigenvalue weighted by Gasteiger charge is 2.10. The van der Waals surface area contributed by atoms with E-state index in [1.54, 1.807) is 6.92 Å². The van der Waals surface area contributed by atoms with Crippen LogP contribution in [0.2, 0.25) is 0 Å². The van der Waals surface area contributed by atoms with Crippen LogP contribution in [0.25, 0.3) is 0 Å².